The molecule has 0 spiro atoms. The van der Waals surface area contributed by atoms with E-state index in [1.807, 2.05) is 13.8 Å². The fraction of sp³-hybridized carbons (Fsp3) is 0.267. The summed E-state index contributed by atoms with van der Waals surface area (Å²) in [6, 6.07) is 7.77. The maximum atomic E-state index is 13.6. The molecule has 0 aliphatic rings. The van der Waals surface area contributed by atoms with Crippen LogP contribution in [0.5, 0.6) is 0 Å². The van der Waals surface area contributed by atoms with Crippen LogP contribution in [0.1, 0.15) is 24.3 Å². The molecule has 0 bridgehead atoms. The third-order valence-electron chi connectivity index (χ3n) is 3.05. The molecule has 0 unspecified atom stereocenters. The molecular weight excluding hydrogens is 271 g/mol. The van der Waals surface area contributed by atoms with Gasteiger partial charge in [0.2, 0.25) is 5.95 Å². The smallest absolute Gasteiger partial charge is 0.272 e. The van der Waals surface area contributed by atoms with Crippen LogP contribution < -0.4 is 5.32 Å². The SMILES string of the molecule is CCN(CC)C(=O)c1ccnc(Nc2ccccc2F)n1. The molecule has 1 aromatic carbocycles. The van der Waals surface area contributed by atoms with Crippen molar-refractivity contribution in [1.29, 1.82) is 0 Å². The Bertz CT molecular complexity index is 629. The molecule has 1 aromatic heterocycles. The Balaban J connectivity index is 2.22. The van der Waals surface area contributed by atoms with Crippen LogP contribution >= 0.6 is 0 Å². The second-order valence-corrected chi connectivity index (χ2v) is 4.35. The van der Waals surface area contributed by atoms with Crippen LogP contribution in [0, 0.1) is 5.82 Å². The van der Waals surface area contributed by atoms with Crippen LogP contribution in [0.3, 0.4) is 0 Å². The van der Waals surface area contributed by atoms with Gasteiger partial charge in [0.25, 0.3) is 5.91 Å². The summed E-state index contributed by atoms with van der Waals surface area (Å²) in [4.78, 5) is 22.0. The van der Waals surface area contributed by atoms with Crippen LogP contribution in [0.15, 0.2) is 36.5 Å². The molecule has 0 saturated heterocycles. The lowest BCUT2D eigenvalue weighted by Crippen LogP contribution is -2.31. The fourth-order valence-corrected chi connectivity index (χ4v) is 1.89. The van der Waals surface area contributed by atoms with Gasteiger partial charge >= 0.3 is 0 Å². The molecule has 21 heavy (non-hydrogen) atoms. The Morgan fingerprint density at radius 2 is 1.95 bits per heavy atom. The van der Waals surface area contributed by atoms with Crippen LogP contribution in [-0.2, 0) is 0 Å². The second-order valence-electron chi connectivity index (χ2n) is 4.35. The molecule has 1 N–H and O–H groups in total. The predicted octanol–water partition coefficient (Wildman–Crippen LogP) is 2.84. The van der Waals surface area contributed by atoms with Gasteiger partial charge in [-0.3, -0.25) is 4.79 Å². The zero-order chi connectivity index (χ0) is 15.2. The summed E-state index contributed by atoms with van der Waals surface area (Å²) in [6.07, 6.45) is 1.48. The fourth-order valence-electron chi connectivity index (χ4n) is 1.89. The van der Waals surface area contributed by atoms with Crippen molar-refractivity contribution in [2.75, 3.05) is 18.4 Å². The average Bonchev–Trinajstić information content (AvgIpc) is 2.51. The van der Waals surface area contributed by atoms with Gasteiger partial charge in [0.1, 0.15) is 11.5 Å². The Labute approximate surface area is 122 Å². The first kappa shape index (κ1) is 14.9. The minimum absolute atomic E-state index is 0.168. The third kappa shape index (κ3) is 3.53. The van der Waals surface area contributed by atoms with Gasteiger partial charge in [-0.15, -0.1) is 0 Å². The first-order chi connectivity index (χ1) is 10.2. The van der Waals surface area contributed by atoms with E-state index in [1.165, 1.54) is 12.3 Å². The maximum Gasteiger partial charge on any atom is 0.272 e. The van der Waals surface area contributed by atoms with Gasteiger partial charge in [0, 0.05) is 19.3 Å². The zero-order valence-corrected chi connectivity index (χ0v) is 12.0. The minimum Gasteiger partial charge on any atom is -0.338 e. The summed E-state index contributed by atoms with van der Waals surface area (Å²) in [5.74, 6) is -0.376. The summed E-state index contributed by atoms with van der Waals surface area (Å²) >= 11 is 0. The van der Waals surface area contributed by atoms with Crippen LogP contribution in [0.25, 0.3) is 0 Å². The van der Waals surface area contributed by atoms with Gasteiger partial charge in [-0.1, -0.05) is 12.1 Å². The highest BCUT2D eigenvalue weighted by atomic mass is 19.1. The molecule has 5 nitrogen and oxygen atoms in total. The number of nitrogens with zero attached hydrogens (tertiary/aromatic N) is 3. The summed E-state index contributed by atoms with van der Waals surface area (Å²) in [6.45, 7) is 5.02. The molecule has 1 heterocycles. The first-order valence-corrected chi connectivity index (χ1v) is 6.79. The standard InChI is InChI=1S/C15H17FN4O/c1-3-20(4-2)14(21)13-9-10-17-15(19-13)18-12-8-6-5-7-11(12)16/h5-10H,3-4H2,1-2H3,(H,17,18,19). The molecule has 0 saturated carbocycles. The summed E-state index contributed by atoms with van der Waals surface area (Å²) in [5.41, 5.74) is 0.553. The van der Waals surface area contributed by atoms with E-state index >= 15 is 0 Å². The van der Waals surface area contributed by atoms with E-state index in [0.717, 1.165) is 0 Å². The maximum absolute atomic E-state index is 13.6. The second kappa shape index (κ2) is 6.78. The molecule has 0 radical (unpaired) electrons. The lowest BCUT2D eigenvalue weighted by molar-refractivity contribution is 0.0767. The number of aromatic nitrogens is 2. The molecular formula is C15H17FN4O. The summed E-state index contributed by atoms with van der Waals surface area (Å²) in [7, 11) is 0. The number of halogens is 1. The number of carbonyl (C=O) groups excluding carboxylic acids is 1. The summed E-state index contributed by atoms with van der Waals surface area (Å²) < 4.78 is 13.6. The van der Waals surface area contributed by atoms with E-state index in [2.05, 4.69) is 15.3 Å². The number of hydrogen-bond donors (Lipinski definition) is 1. The highest BCUT2D eigenvalue weighted by Crippen LogP contribution is 2.16. The average molecular weight is 288 g/mol. The molecule has 2 aromatic rings. The van der Waals surface area contributed by atoms with Crippen molar-refractivity contribution < 1.29 is 9.18 Å². The van der Waals surface area contributed by atoms with Crippen molar-refractivity contribution in [1.82, 2.24) is 14.9 Å². The first-order valence-electron chi connectivity index (χ1n) is 6.79. The normalized spacial score (nSPS) is 10.2. The van der Waals surface area contributed by atoms with E-state index in [1.54, 1.807) is 29.2 Å². The van der Waals surface area contributed by atoms with Gasteiger partial charge in [0.15, 0.2) is 0 Å². The number of amides is 1. The number of nitrogens with one attached hydrogen (secondary N) is 1. The van der Waals surface area contributed by atoms with Gasteiger partial charge in [0.05, 0.1) is 5.69 Å². The minimum atomic E-state index is -0.401. The zero-order valence-electron chi connectivity index (χ0n) is 12.0. The largest absolute Gasteiger partial charge is 0.338 e. The van der Waals surface area contributed by atoms with Crippen molar-refractivity contribution in [2.45, 2.75) is 13.8 Å². The Morgan fingerprint density at radius 1 is 1.24 bits per heavy atom. The Kier molecular flexibility index (Phi) is 4.81. The van der Waals surface area contributed by atoms with E-state index in [0.29, 0.717) is 13.1 Å². The number of rotatable bonds is 5. The van der Waals surface area contributed by atoms with Crippen LogP contribution in [0.4, 0.5) is 16.0 Å². The van der Waals surface area contributed by atoms with Crippen LogP contribution in [-0.4, -0.2) is 33.9 Å². The van der Waals surface area contributed by atoms with E-state index in [4.69, 9.17) is 0 Å². The molecule has 2 rings (SSSR count). The number of anilines is 2. The molecule has 6 heteroatoms. The monoisotopic (exact) mass is 288 g/mol. The van der Waals surface area contributed by atoms with Crippen LogP contribution in [0.2, 0.25) is 0 Å². The van der Waals surface area contributed by atoms with E-state index in [-0.39, 0.29) is 23.2 Å². The number of hydrogen-bond acceptors (Lipinski definition) is 4. The van der Waals surface area contributed by atoms with Crippen molar-refractivity contribution in [2.24, 2.45) is 0 Å². The quantitative estimate of drug-likeness (QED) is 0.919. The highest BCUT2D eigenvalue weighted by molar-refractivity contribution is 5.92. The summed E-state index contributed by atoms with van der Waals surface area (Å²) in [5, 5.41) is 2.77. The Morgan fingerprint density at radius 3 is 2.62 bits per heavy atom. The predicted molar refractivity (Wildman–Crippen MR) is 79.0 cm³/mol. The van der Waals surface area contributed by atoms with Crippen molar-refractivity contribution in [3.63, 3.8) is 0 Å². The van der Waals surface area contributed by atoms with Crippen molar-refractivity contribution in [3.05, 3.63) is 48.0 Å². The van der Waals surface area contributed by atoms with Crippen molar-refractivity contribution in [3.8, 4) is 0 Å². The van der Waals surface area contributed by atoms with E-state index in [9.17, 15) is 9.18 Å². The van der Waals surface area contributed by atoms with Gasteiger partial charge in [-0.25, -0.2) is 14.4 Å². The third-order valence-corrected chi connectivity index (χ3v) is 3.05. The molecule has 0 fully saturated rings. The molecule has 0 aliphatic heterocycles. The lowest BCUT2D eigenvalue weighted by atomic mass is 10.3. The lowest BCUT2D eigenvalue weighted by Gasteiger charge is -2.18. The molecule has 110 valence electrons. The van der Waals surface area contributed by atoms with Gasteiger partial charge in [-0.2, -0.15) is 0 Å². The molecule has 0 aliphatic carbocycles. The number of para-hydroxylation sites is 1. The molecule has 0 atom stereocenters. The number of benzene rings is 1. The topological polar surface area (TPSA) is 58.1 Å². The van der Waals surface area contributed by atoms with Gasteiger partial charge < -0.3 is 10.2 Å². The van der Waals surface area contributed by atoms with Gasteiger partial charge in [-0.05, 0) is 32.0 Å². The number of carbonyl (C=O) groups is 1. The molecule has 1 amide bonds. The Hall–Kier alpha value is -2.50. The highest BCUT2D eigenvalue weighted by Gasteiger charge is 2.15. The van der Waals surface area contributed by atoms with E-state index < -0.39 is 5.82 Å². The van der Waals surface area contributed by atoms with Crippen molar-refractivity contribution >= 4 is 17.5 Å².